The molecule has 62 valence electrons. The van der Waals surface area contributed by atoms with E-state index in [1.165, 1.54) is 12.1 Å². The first-order chi connectivity index (χ1) is 5.34. The highest BCUT2D eigenvalue weighted by molar-refractivity contribution is 5.06. The maximum absolute atomic E-state index is 5.40. The van der Waals surface area contributed by atoms with Gasteiger partial charge in [-0.25, -0.2) is 0 Å². The first-order valence-corrected chi connectivity index (χ1v) is 4.15. The first-order valence-electron chi connectivity index (χ1n) is 4.15. The van der Waals surface area contributed by atoms with E-state index in [0.717, 1.165) is 19.4 Å². The van der Waals surface area contributed by atoms with Gasteiger partial charge < -0.3 is 10.3 Å². The fourth-order valence-corrected chi connectivity index (χ4v) is 1.21. The van der Waals surface area contributed by atoms with Crippen molar-refractivity contribution in [3.63, 3.8) is 0 Å². The molecule has 1 heterocycles. The summed E-state index contributed by atoms with van der Waals surface area (Å²) in [4.78, 5) is 0. The minimum absolute atomic E-state index is 0.810. The van der Waals surface area contributed by atoms with E-state index in [1.54, 1.807) is 0 Å². The molecule has 1 aromatic heterocycles. The largest absolute Gasteiger partial charge is 0.354 e. The van der Waals surface area contributed by atoms with Crippen molar-refractivity contribution in [3.8, 4) is 0 Å². The van der Waals surface area contributed by atoms with Crippen molar-refractivity contribution in [2.75, 3.05) is 6.54 Å². The summed E-state index contributed by atoms with van der Waals surface area (Å²) in [6, 6.07) is 4.24. The van der Waals surface area contributed by atoms with E-state index in [1.807, 2.05) is 0 Å². The van der Waals surface area contributed by atoms with Gasteiger partial charge in [-0.3, -0.25) is 0 Å². The highest BCUT2D eigenvalue weighted by Gasteiger charge is 1.94. The van der Waals surface area contributed by atoms with Crippen molar-refractivity contribution in [2.24, 2.45) is 12.8 Å². The molecule has 0 fully saturated rings. The molecule has 0 aromatic carbocycles. The van der Waals surface area contributed by atoms with Gasteiger partial charge in [-0.05, 0) is 37.9 Å². The fourth-order valence-electron chi connectivity index (χ4n) is 1.21. The van der Waals surface area contributed by atoms with Gasteiger partial charge >= 0.3 is 0 Å². The van der Waals surface area contributed by atoms with Crippen LogP contribution in [0.5, 0.6) is 0 Å². The summed E-state index contributed by atoms with van der Waals surface area (Å²) in [6.45, 7) is 0.810. The molecule has 0 unspecified atom stereocenters. The number of hydrogen-bond acceptors (Lipinski definition) is 1. The Bertz CT molecular complexity index is 203. The van der Waals surface area contributed by atoms with Gasteiger partial charge in [0, 0.05) is 18.9 Å². The number of rotatable bonds is 4. The van der Waals surface area contributed by atoms with Gasteiger partial charge in [-0.2, -0.15) is 0 Å². The summed E-state index contributed by atoms with van der Waals surface area (Å²) in [5.41, 5.74) is 6.80. The second-order valence-corrected chi connectivity index (χ2v) is 2.86. The molecular weight excluding hydrogens is 136 g/mol. The predicted molar refractivity (Wildman–Crippen MR) is 47.4 cm³/mol. The maximum Gasteiger partial charge on any atom is 0.0171 e. The zero-order valence-electron chi connectivity index (χ0n) is 7.09. The van der Waals surface area contributed by atoms with Crippen LogP contribution in [0.2, 0.25) is 0 Å². The highest BCUT2D eigenvalue weighted by Crippen LogP contribution is 2.03. The quantitative estimate of drug-likeness (QED) is 0.648. The van der Waals surface area contributed by atoms with Crippen LogP contribution in [0.4, 0.5) is 0 Å². The summed E-state index contributed by atoms with van der Waals surface area (Å²) in [6.07, 6.45) is 5.57. The standard InChI is InChI=1S/C9H16N2/c1-11-8-4-6-9(11)5-2-3-7-10/h4,6,8H,2-3,5,7,10H2,1H3. The van der Waals surface area contributed by atoms with Crippen LogP contribution in [0.1, 0.15) is 18.5 Å². The van der Waals surface area contributed by atoms with E-state index in [4.69, 9.17) is 5.73 Å². The van der Waals surface area contributed by atoms with E-state index >= 15 is 0 Å². The average molecular weight is 152 g/mol. The summed E-state index contributed by atoms with van der Waals surface area (Å²) < 4.78 is 2.16. The lowest BCUT2D eigenvalue weighted by Gasteiger charge is -2.01. The molecule has 11 heavy (non-hydrogen) atoms. The van der Waals surface area contributed by atoms with Crippen molar-refractivity contribution >= 4 is 0 Å². The van der Waals surface area contributed by atoms with Crippen molar-refractivity contribution in [1.82, 2.24) is 4.57 Å². The first kappa shape index (κ1) is 8.34. The third-order valence-electron chi connectivity index (χ3n) is 1.94. The minimum Gasteiger partial charge on any atom is -0.354 e. The normalized spacial score (nSPS) is 10.4. The van der Waals surface area contributed by atoms with Gasteiger partial charge in [0.15, 0.2) is 0 Å². The van der Waals surface area contributed by atoms with Crippen molar-refractivity contribution < 1.29 is 0 Å². The zero-order chi connectivity index (χ0) is 8.10. The summed E-state index contributed by atoms with van der Waals surface area (Å²) in [7, 11) is 2.08. The third-order valence-corrected chi connectivity index (χ3v) is 1.94. The monoisotopic (exact) mass is 152 g/mol. The second-order valence-electron chi connectivity index (χ2n) is 2.86. The molecule has 2 heteroatoms. The zero-order valence-corrected chi connectivity index (χ0v) is 7.09. The Labute approximate surface area is 68.0 Å². The van der Waals surface area contributed by atoms with Crippen LogP contribution in [0.25, 0.3) is 0 Å². The molecule has 2 nitrogen and oxygen atoms in total. The SMILES string of the molecule is Cn1cccc1CCCCN. The van der Waals surface area contributed by atoms with Crippen LogP contribution in [0.3, 0.4) is 0 Å². The lowest BCUT2D eigenvalue weighted by atomic mass is 10.2. The van der Waals surface area contributed by atoms with Gasteiger partial charge in [0.1, 0.15) is 0 Å². The number of hydrogen-bond donors (Lipinski definition) is 1. The smallest absolute Gasteiger partial charge is 0.0171 e. The van der Waals surface area contributed by atoms with Gasteiger partial charge in [-0.1, -0.05) is 0 Å². The van der Waals surface area contributed by atoms with Crippen LogP contribution in [0.15, 0.2) is 18.3 Å². The number of aromatic nitrogens is 1. The summed E-state index contributed by atoms with van der Waals surface area (Å²) in [5.74, 6) is 0. The Balaban J connectivity index is 2.32. The molecule has 2 N–H and O–H groups in total. The Morgan fingerprint density at radius 1 is 1.45 bits per heavy atom. The van der Waals surface area contributed by atoms with E-state index in [9.17, 15) is 0 Å². The van der Waals surface area contributed by atoms with Gasteiger partial charge in [0.05, 0.1) is 0 Å². The molecule has 0 amide bonds. The third kappa shape index (κ3) is 2.39. The molecule has 0 bridgehead atoms. The highest BCUT2D eigenvalue weighted by atomic mass is 14.9. The van der Waals surface area contributed by atoms with Crippen molar-refractivity contribution in [3.05, 3.63) is 24.0 Å². The van der Waals surface area contributed by atoms with Crippen LogP contribution in [-0.2, 0) is 13.5 Å². The molecule has 0 atom stereocenters. The summed E-state index contributed by atoms with van der Waals surface area (Å²) in [5, 5.41) is 0. The Hall–Kier alpha value is -0.760. The molecule has 0 spiro atoms. The summed E-state index contributed by atoms with van der Waals surface area (Å²) >= 11 is 0. The van der Waals surface area contributed by atoms with Crippen LogP contribution in [-0.4, -0.2) is 11.1 Å². The molecule has 0 saturated heterocycles. The number of nitrogens with zero attached hydrogens (tertiary/aromatic N) is 1. The second kappa shape index (κ2) is 4.19. The van der Waals surface area contributed by atoms with Crippen LogP contribution >= 0.6 is 0 Å². The van der Waals surface area contributed by atoms with E-state index in [0.29, 0.717) is 0 Å². The van der Waals surface area contributed by atoms with Gasteiger partial charge in [0.2, 0.25) is 0 Å². The topological polar surface area (TPSA) is 30.9 Å². The number of nitrogens with two attached hydrogens (primary N) is 1. The van der Waals surface area contributed by atoms with Gasteiger partial charge in [0.25, 0.3) is 0 Å². The Kier molecular flexibility index (Phi) is 3.17. The van der Waals surface area contributed by atoms with Crippen LogP contribution in [0, 0.1) is 0 Å². The average Bonchev–Trinajstić information content (AvgIpc) is 2.37. The fraction of sp³-hybridized carbons (Fsp3) is 0.556. The van der Waals surface area contributed by atoms with Crippen molar-refractivity contribution in [2.45, 2.75) is 19.3 Å². The number of aryl methyl sites for hydroxylation is 2. The molecule has 0 radical (unpaired) electrons. The molecule has 0 aliphatic heterocycles. The molecule has 0 aliphatic carbocycles. The lowest BCUT2D eigenvalue weighted by Crippen LogP contribution is -2.00. The van der Waals surface area contributed by atoms with Crippen LogP contribution < -0.4 is 5.73 Å². The van der Waals surface area contributed by atoms with Crippen molar-refractivity contribution in [1.29, 1.82) is 0 Å². The Morgan fingerprint density at radius 3 is 2.82 bits per heavy atom. The molecule has 0 saturated carbocycles. The lowest BCUT2D eigenvalue weighted by molar-refractivity contribution is 0.705. The molecule has 1 aromatic rings. The Morgan fingerprint density at radius 2 is 2.27 bits per heavy atom. The maximum atomic E-state index is 5.40. The minimum atomic E-state index is 0.810. The van der Waals surface area contributed by atoms with E-state index < -0.39 is 0 Å². The van der Waals surface area contributed by atoms with E-state index in [-0.39, 0.29) is 0 Å². The van der Waals surface area contributed by atoms with Gasteiger partial charge in [-0.15, -0.1) is 0 Å². The predicted octanol–water partition coefficient (Wildman–Crippen LogP) is 1.31. The number of unbranched alkanes of at least 4 members (excludes halogenated alkanes) is 1. The molecule has 1 rings (SSSR count). The molecule has 0 aliphatic rings. The van der Waals surface area contributed by atoms with E-state index in [2.05, 4.69) is 29.9 Å². The molecular formula is C9H16N2.